The minimum Gasteiger partial charge on any atom is -0.496 e. The van der Waals surface area contributed by atoms with Crippen LogP contribution in [0.2, 0.25) is 0 Å². The van der Waals surface area contributed by atoms with Gasteiger partial charge in [0.15, 0.2) is 0 Å². The lowest BCUT2D eigenvalue weighted by Crippen LogP contribution is -2.15. The molecular weight excluding hydrogens is 336 g/mol. The van der Waals surface area contributed by atoms with Crippen molar-refractivity contribution in [2.24, 2.45) is 16.8 Å². The summed E-state index contributed by atoms with van der Waals surface area (Å²) in [6.45, 7) is 10.8. The molecular formula is C23H38N2O2. The van der Waals surface area contributed by atoms with E-state index in [9.17, 15) is 0 Å². The first-order valence-electron chi connectivity index (χ1n) is 10.3. The number of aryl methyl sites for hydroxylation is 1. The summed E-state index contributed by atoms with van der Waals surface area (Å²) in [5, 5.41) is 0. The van der Waals surface area contributed by atoms with Gasteiger partial charge in [-0.05, 0) is 38.7 Å². The van der Waals surface area contributed by atoms with E-state index in [1.54, 1.807) is 20.4 Å². The summed E-state index contributed by atoms with van der Waals surface area (Å²) in [6, 6.07) is 1.89. The number of unbranched alkanes of at least 4 members (excludes halogenated alkanes) is 1. The van der Waals surface area contributed by atoms with Crippen LogP contribution < -0.4 is 4.74 Å². The average Bonchev–Trinajstić information content (AvgIpc) is 2.66. The Hall–Kier alpha value is -1.84. The van der Waals surface area contributed by atoms with Gasteiger partial charge >= 0.3 is 0 Å². The van der Waals surface area contributed by atoms with Gasteiger partial charge in [0.05, 0.1) is 7.11 Å². The van der Waals surface area contributed by atoms with Gasteiger partial charge < -0.3 is 9.47 Å². The number of aliphatic imine (C=N–C) groups is 1. The number of ether oxygens (including phenoxy) is 2. The first-order chi connectivity index (χ1) is 13.0. The Labute approximate surface area is 166 Å². The molecule has 1 unspecified atom stereocenters. The van der Waals surface area contributed by atoms with Crippen LogP contribution in [0.1, 0.15) is 77.5 Å². The largest absolute Gasteiger partial charge is 0.496 e. The van der Waals surface area contributed by atoms with E-state index in [-0.39, 0.29) is 0 Å². The molecule has 0 amide bonds. The summed E-state index contributed by atoms with van der Waals surface area (Å²) in [5.74, 6) is 3.54. The summed E-state index contributed by atoms with van der Waals surface area (Å²) in [5.41, 5.74) is 1.70. The zero-order valence-electron chi connectivity index (χ0n) is 18.3. The third kappa shape index (κ3) is 7.74. The summed E-state index contributed by atoms with van der Waals surface area (Å²) < 4.78 is 11.7. The van der Waals surface area contributed by atoms with Crippen LogP contribution in [0.15, 0.2) is 29.1 Å². The molecule has 0 spiro atoms. The molecule has 0 N–H and O–H groups in total. The van der Waals surface area contributed by atoms with Crippen molar-refractivity contribution in [3.63, 3.8) is 0 Å². The van der Waals surface area contributed by atoms with Gasteiger partial charge in [-0.1, -0.05) is 46.5 Å². The molecule has 0 bridgehead atoms. The van der Waals surface area contributed by atoms with Crippen LogP contribution in [0.25, 0.3) is 0 Å². The minimum absolute atomic E-state index is 0.427. The van der Waals surface area contributed by atoms with Gasteiger partial charge in [-0.3, -0.25) is 9.98 Å². The summed E-state index contributed by atoms with van der Waals surface area (Å²) in [6.07, 6.45) is 11.1. The predicted octanol–water partition coefficient (Wildman–Crippen LogP) is 6.33. The topological polar surface area (TPSA) is 43.7 Å². The Bertz CT molecular complexity index is 621. The highest BCUT2D eigenvalue weighted by atomic mass is 16.5. The highest BCUT2D eigenvalue weighted by Crippen LogP contribution is 2.27. The molecule has 0 aliphatic carbocycles. The first-order valence-corrected chi connectivity index (χ1v) is 10.3. The molecule has 4 nitrogen and oxygen atoms in total. The number of nitrogens with zero attached hydrogens (tertiary/aromatic N) is 2. The van der Waals surface area contributed by atoms with Crippen LogP contribution in [-0.4, -0.2) is 25.0 Å². The molecule has 1 aromatic heterocycles. The summed E-state index contributed by atoms with van der Waals surface area (Å²) in [4.78, 5) is 8.83. The van der Waals surface area contributed by atoms with Crippen molar-refractivity contribution in [2.75, 3.05) is 14.2 Å². The van der Waals surface area contributed by atoms with Crippen LogP contribution in [0, 0.1) is 18.8 Å². The van der Waals surface area contributed by atoms with E-state index in [0.717, 1.165) is 42.3 Å². The van der Waals surface area contributed by atoms with Gasteiger partial charge in [0.25, 0.3) is 0 Å². The fraction of sp³-hybridized carbons (Fsp3) is 0.652. The second-order valence-electron chi connectivity index (χ2n) is 7.52. The zero-order chi connectivity index (χ0) is 20.2. The number of pyridine rings is 1. The van der Waals surface area contributed by atoms with E-state index in [0.29, 0.717) is 17.5 Å². The van der Waals surface area contributed by atoms with Crippen molar-refractivity contribution >= 4 is 5.90 Å². The number of hydrogen-bond donors (Lipinski definition) is 0. The molecule has 4 heteroatoms. The Morgan fingerprint density at radius 3 is 2.48 bits per heavy atom. The predicted molar refractivity (Wildman–Crippen MR) is 115 cm³/mol. The van der Waals surface area contributed by atoms with Crippen molar-refractivity contribution in [1.82, 2.24) is 4.98 Å². The lowest BCUT2D eigenvalue weighted by molar-refractivity contribution is 0.304. The maximum absolute atomic E-state index is 6.26. The van der Waals surface area contributed by atoms with Crippen LogP contribution in [0.3, 0.4) is 0 Å². The smallest absolute Gasteiger partial charge is 0.240 e. The standard InChI is InChI=1S/C23H38N2O2/c1-8-12-19(14-11-10-13-17(3)4)21(9-2)27-23(24-6)20-15-22(26-7)18(5)16-25-20/h9,15-17,19H,8,10-14H2,1-7H3/b21-9+,24-23?. The van der Waals surface area contributed by atoms with Crippen molar-refractivity contribution in [1.29, 1.82) is 0 Å². The lowest BCUT2D eigenvalue weighted by Gasteiger charge is -2.21. The average molecular weight is 375 g/mol. The highest BCUT2D eigenvalue weighted by Gasteiger charge is 2.19. The van der Waals surface area contributed by atoms with Crippen LogP contribution in [0.5, 0.6) is 5.75 Å². The third-order valence-corrected chi connectivity index (χ3v) is 4.82. The molecule has 0 aliphatic rings. The van der Waals surface area contributed by atoms with E-state index in [2.05, 4.69) is 36.8 Å². The molecule has 1 rings (SSSR count). The maximum atomic E-state index is 6.26. The Morgan fingerprint density at radius 2 is 1.93 bits per heavy atom. The number of allylic oxidation sites excluding steroid dienone is 2. The van der Waals surface area contributed by atoms with Crippen molar-refractivity contribution < 1.29 is 9.47 Å². The van der Waals surface area contributed by atoms with Crippen LogP contribution in [0.4, 0.5) is 0 Å². The van der Waals surface area contributed by atoms with Crippen LogP contribution >= 0.6 is 0 Å². The quantitative estimate of drug-likeness (QED) is 0.197. The molecule has 152 valence electrons. The number of methoxy groups -OCH3 is 1. The van der Waals surface area contributed by atoms with Gasteiger partial charge in [0.1, 0.15) is 17.2 Å². The molecule has 0 saturated heterocycles. The molecule has 27 heavy (non-hydrogen) atoms. The van der Waals surface area contributed by atoms with Crippen LogP contribution in [-0.2, 0) is 4.74 Å². The molecule has 0 fully saturated rings. The Balaban J connectivity index is 2.87. The summed E-state index contributed by atoms with van der Waals surface area (Å²) >= 11 is 0. The SMILES string of the molecule is C/C=C(/OC(=NC)c1cc(OC)c(C)cn1)C(CCC)CCCCC(C)C. The normalized spacial score (nSPS) is 13.8. The van der Waals surface area contributed by atoms with Gasteiger partial charge in [-0.15, -0.1) is 0 Å². The maximum Gasteiger partial charge on any atom is 0.240 e. The highest BCUT2D eigenvalue weighted by molar-refractivity contribution is 5.93. The van der Waals surface area contributed by atoms with Gasteiger partial charge in [-0.25, -0.2) is 0 Å². The summed E-state index contributed by atoms with van der Waals surface area (Å²) in [7, 11) is 3.41. The molecule has 0 aromatic carbocycles. The van der Waals surface area contributed by atoms with Gasteiger partial charge in [0.2, 0.25) is 5.90 Å². The first kappa shape index (κ1) is 23.2. The Kier molecular flexibility index (Phi) is 10.8. The fourth-order valence-corrected chi connectivity index (χ4v) is 3.26. The van der Waals surface area contributed by atoms with E-state index in [1.165, 1.54) is 19.3 Å². The second-order valence-corrected chi connectivity index (χ2v) is 7.52. The molecule has 0 saturated carbocycles. The number of rotatable bonds is 11. The minimum atomic E-state index is 0.427. The fourth-order valence-electron chi connectivity index (χ4n) is 3.26. The van der Waals surface area contributed by atoms with Gasteiger partial charge in [0, 0.05) is 30.8 Å². The van der Waals surface area contributed by atoms with E-state index >= 15 is 0 Å². The molecule has 1 atom stereocenters. The molecule has 0 aliphatic heterocycles. The van der Waals surface area contributed by atoms with E-state index in [1.807, 2.05) is 19.9 Å². The Morgan fingerprint density at radius 1 is 1.22 bits per heavy atom. The van der Waals surface area contributed by atoms with Crippen molar-refractivity contribution in [2.45, 2.75) is 73.1 Å². The molecule has 1 heterocycles. The molecule has 0 radical (unpaired) electrons. The second kappa shape index (κ2) is 12.5. The zero-order valence-corrected chi connectivity index (χ0v) is 18.3. The number of aromatic nitrogens is 1. The molecule has 1 aromatic rings. The van der Waals surface area contributed by atoms with Gasteiger partial charge in [-0.2, -0.15) is 0 Å². The van der Waals surface area contributed by atoms with E-state index in [4.69, 9.17) is 9.47 Å². The van der Waals surface area contributed by atoms with E-state index < -0.39 is 0 Å². The van der Waals surface area contributed by atoms with Crippen molar-refractivity contribution in [3.05, 3.63) is 35.4 Å². The van der Waals surface area contributed by atoms with Crippen molar-refractivity contribution in [3.8, 4) is 5.75 Å². The monoisotopic (exact) mass is 374 g/mol. The number of hydrogen-bond acceptors (Lipinski definition) is 4. The lowest BCUT2D eigenvalue weighted by atomic mass is 9.93. The third-order valence-electron chi connectivity index (χ3n) is 4.82.